The van der Waals surface area contributed by atoms with Gasteiger partial charge in [-0.25, -0.2) is 4.39 Å². The maximum Gasteiger partial charge on any atom is 0.123 e. The topological polar surface area (TPSA) is 26.0 Å². The predicted molar refractivity (Wildman–Crippen MR) is 87.6 cm³/mol. The monoisotopic (exact) mass is 325 g/mol. The van der Waals surface area contributed by atoms with Crippen LogP contribution in [0.2, 0.25) is 10.0 Å². The van der Waals surface area contributed by atoms with E-state index in [4.69, 9.17) is 28.9 Å². The maximum absolute atomic E-state index is 13.1. The molecule has 21 heavy (non-hydrogen) atoms. The molecule has 4 heteroatoms. The molecule has 112 valence electrons. The molecule has 0 radical (unpaired) electrons. The largest absolute Gasteiger partial charge is 0.327 e. The second-order valence-corrected chi connectivity index (χ2v) is 6.55. The van der Waals surface area contributed by atoms with E-state index in [1.165, 1.54) is 12.1 Å². The lowest BCUT2D eigenvalue weighted by Gasteiger charge is -2.32. The van der Waals surface area contributed by atoms with Crippen molar-refractivity contribution in [3.05, 3.63) is 69.5 Å². The van der Waals surface area contributed by atoms with Crippen LogP contribution in [0.1, 0.15) is 25.0 Å². The van der Waals surface area contributed by atoms with Crippen molar-refractivity contribution >= 4 is 23.2 Å². The fourth-order valence-electron chi connectivity index (χ4n) is 2.30. The van der Waals surface area contributed by atoms with E-state index in [0.717, 1.165) is 11.1 Å². The third-order valence-electron chi connectivity index (χ3n) is 4.00. The Bertz CT molecular complexity index is 603. The van der Waals surface area contributed by atoms with Crippen molar-refractivity contribution in [1.82, 2.24) is 0 Å². The maximum atomic E-state index is 13.1. The molecule has 0 fully saturated rings. The molecule has 0 spiro atoms. The SMILES string of the molecule is CC(C)(c1ccc(F)cc1)C(N)Cc1c(Cl)cccc1Cl. The van der Waals surface area contributed by atoms with Crippen molar-refractivity contribution in [2.45, 2.75) is 31.7 Å². The van der Waals surface area contributed by atoms with Crippen LogP contribution in [0.5, 0.6) is 0 Å². The molecule has 1 atom stereocenters. The van der Waals surface area contributed by atoms with E-state index in [1.54, 1.807) is 24.3 Å². The number of hydrogen-bond acceptors (Lipinski definition) is 1. The van der Waals surface area contributed by atoms with Crippen molar-refractivity contribution in [3.63, 3.8) is 0 Å². The third kappa shape index (κ3) is 3.57. The van der Waals surface area contributed by atoms with Gasteiger partial charge >= 0.3 is 0 Å². The predicted octanol–water partition coefficient (Wildman–Crippen LogP) is 4.98. The van der Waals surface area contributed by atoms with Gasteiger partial charge in [0.25, 0.3) is 0 Å². The lowest BCUT2D eigenvalue weighted by molar-refractivity contribution is 0.406. The van der Waals surface area contributed by atoms with Crippen LogP contribution in [0.15, 0.2) is 42.5 Å². The molecular weight excluding hydrogens is 308 g/mol. The summed E-state index contributed by atoms with van der Waals surface area (Å²) in [5.74, 6) is -0.253. The van der Waals surface area contributed by atoms with E-state index in [-0.39, 0.29) is 17.3 Å². The molecule has 0 aliphatic heterocycles. The first-order chi connectivity index (χ1) is 9.82. The number of halogens is 3. The molecule has 0 saturated carbocycles. The van der Waals surface area contributed by atoms with Gasteiger partial charge < -0.3 is 5.73 Å². The van der Waals surface area contributed by atoms with Gasteiger partial charge in [0.1, 0.15) is 5.82 Å². The Labute approximate surface area is 134 Å². The van der Waals surface area contributed by atoms with Crippen LogP contribution < -0.4 is 5.73 Å². The standard InChI is InChI=1S/C17H18Cl2FN/c1-17(2,11-6-8-12(20)9-7-11)16(21)10-13-14(18)4-3-5-15(13)19/h3-9,16H,10,21H2,1-2H3. The molecule has 0 aromatic heterocycles. The van der Waals surface area contributed by atoms with E-state index in [0.29, 0.717) is 16.5 Å². The first kappa shape index (κ1) is 16.3. The molecule has 0 amide bonds. The summed E-state index contributed by atoms with van der Waals surface area (Å²) in [5, 5.41) is 1.24. The lowest BCUT2D eigenvalue weighted by Crippen LogP contribution is -2.42. The van der Waals surface area contributed by atoms with Crippen LogP contribution in [0.4, 0.5) is 4.39 Å². The minimum absolute atomic E-state index is 0.194. The number of nitrogens with two attached hydrogens (primary N) is 1. The van der Waals surface area contributed by atoms with Crippen molar-refractivity contribution in [1.29, 1.82) is 0 Å². The number of rotatable bonds is 4. The molecule has 1 unspecified atom stereocenters. The van der Waals surface area contributed by atoms with Crippen LogP contribution >= 0.6 is 23.2 Å². The van der Waals surface area contributed by atoms with Gasteiger partial charge in [-0.15, -0.1) is 0 Å². The van der Waals surface area contributed by atoms with Crippen LogP contribution in [-0.4, -0.2) is 6.04 Å². The highest BCUT2D eigenvalue weighted by molar-refractivity contribution is 6.36. The Kier molecular flexibility index (Phi) is 4.92. The molecule has 2 aromatic rings. The van der Waals surface area contributed by atoms with Gasteiger partial charge in [0.2, 0.25) is 0 Å². The van der Waals surface area contributed by atoms with E-state index < -0.39 is 0 Å². The zero-order valence-electron chi connectivity index (χ0n) is 12.0. The Hall–Kier alpha value is -1.09. The Morgan fingerprint density at radius 1 is 1.05 bits per heavy atom. The fraction of sp³-hybridized carbons (Fsp3) is 0.294. The van der Waals surface area contributed by atoms with E-state index in [9.17, 15) is 4.39 Å². The summed E-state index contributed by atoms with van der Waals surface area (Å²) in [6.45, 7) is 4.07. The smallest absolute Gasteiger partial charge is 0.123 e. The highest BCUT2D eigenvalue weighted by atomic mass is 35.5. The highest BCUT2D eigenvalue weighted by Crippen LogP contribution is 2.32. The molecule has 1 nitrogen and oxygen atoms in total. The van der Waals surface area contributed by atoms with Crippen LogP contribution in [0.25, 0.3) is 0 Å². The van der Waals surface area contributed by atoms with Crippen molar-refractivity contribution < 1.29 is 4.39 Å². The molecule has 0 bridgehead atoms. The molecule has 2 rings (SSSR count). The average Bonchev–Trinajstić information content (AvgIpc) is 2.43. The molecule has 0 heterocycles. The zero-order valence-corrected chi connectivity index (χ0v) is 13.5. The average molecular weight is 326 g/mol. The van der Waals surface area contributed by atoms with Crippen LogP contribution in [0.3, 0.4) is 0 Å². The van der Waals surface area contributed by atoms with Gasteiger partial charge in [-0.1, -0.05) is 55.2 Å². The first-order valence-corrected chi connectivity index (χ1v) is 7.52. The summed E-state index contributed by atoms with van der Waals surface area (Å²) < 4.78 is 13.1. The normalized spacial score (nSPS) is 13.2. The summed E-state index contributed by atoms with van der Waals surface area (Å²) >= 11 is 12.4. The highest BCUT2D eigenvalue weighted by Gasteiger charge is 2.29. The lowest BCUT2D eigenvalue weighted by atomic mass is 9.76. The van der Waals surface area contributed by atoms with Crippen LogP contribution in [-0.2, 0) is 11.8 Å². The summed E-state index contributed by atoms with van der Waals surface area (Å²) in [6, 6.07) is 11.7. The molecule has 0 aliphatic rings. The van der Waals surface area contributed by atoms with Crippen molar-refractivity contribution in [2.75, 3.05) is 0 Å². The Morgan fingerprint density at radius 3 is 2.10 bits per heavy atom. The van der Waals surface area contributed by atoms with Gasteiger partial charge in [-0.05, 0) is 41.8 Å². The van der Waals surface area contributed by atoms with Gasteiger partial charge in [-0.2, -0.15) is 0 Å². The van der Waals surface area contributed by atoms with Gasteiger partial charge in [0.05, 0.1) is 0 Å². The first-order valence-electron chi connectivity index (χ1n) is 6.77. The minimum Gasteiger partial charge on any atom is -0.327 e. The third-order valence-corrected chi connectivity index (χ3v) is 4.71. The molecule has 0 aliphatic carbocycles. The van der Waals surface area contributed by atoms with Crippen molar-refractivity contribution in [3.8, 4) is 0 Å². The number of benzene rings is 2. The second kappa shape index (κ2) is 6.35. The fourth-order valence-corrected chi connectivity index (χ4v) is 2.85. The van der Waals surface area contributed by atoms with E-state index >= 15 is 0 Å². The number of hydrogen-bond donors (Lipinski definition) is 1. The summed E-state index contributed by atoms with van der Waals surface area (Å²) in [6.07, 6.45) is 0.558. The van der Waals surface area contributed by atoms with E-state index in [2.05, 4.69) is 0 Å². The zero-order chi connectivity index (χ0) is 15.6. The van der Waals surface area contributed by atoms with Crippen molar-refractivity contribution in [2.24, 2.45) is 5.73 Å². The van der Waals surface area contributed by atoms with E-state index in [1.807, 2.05) is 19.9 Å². The van der Waals surface area contributed by atoms with Gasteiger partial charge in [0.15, 0.2) is 0 Å². The minimum atomic E-state index is -0.323. The van der Waals surface area contributed by atoms with Gasteiger partial charge in [-0.3, -0.25) is 0 Å². The quantitative estimate of drug-likeness (QED) is 0.842. The summed E-state index contributed by atoms with van der Waals surface area (Å²) in [4.78, 5) is 0. The van der Waals surface area contributed by atoms with Gasteiger partial charge in [0, 0.05) is 21.5 Å². The molecular formula is C17H18Cl2FN. The molecule has 2 N–H and O–H groups in total. The molecule has 0 saturated heterocycles. The Morgan fingerprint density at radius 2 is 1.57 bits per heavy atom. The summed E-state index contributed by atoms with van der Waals surface area (Å²) in [7, 11) is 0. The second-order valence-electron chi connectivity index (χ2n) is 5.74. The molecule has 2 aromatic carbocycles. The summed E-state index contributed by atoms with van der Waals surface area (Å²) in [5.41, 5.74) is 7.89. The van der Waals surface area contributed by atoms with Crippen LogP contribution in [0, 0.1) is 5.82 Å². The Balaban J connectivity index is 2.26.